The van der Waals surface area contributed by atoms with Gasteiger partial charge in [-0.1, -0.05) is 5.16 Å². The molecule has 2 rings (SSSR count). The van der Waals surface area contributed by atoms with Crippen molar-refractivity contribution >= 4 is 5.84 Å². The summed E-state index contributed by atoms with van der Waals surface area (Å²) in [6, 6.07) is 7.70. The Balaban J connectivity index is 1.78. The van der Waals surface area contributed by atoms with Crippen molar-refractivity contribution in [2.24, 2.45) is 10.9 Å². The fourth-order valence-electron chi connectivity index (χ4n) is 2.11. The van der Waals surface area contributed by atoms with Gasteiger partial charge in [-0.3, -0.25) is 4.90 Å². The molecular formula is C14H21N3O3. The molecule has 1 fully saturated rings. The third-order valence-electron chi connectivity index (χ3n) is 3.36. The van der Waals surface area contributed by atoms with E-state index in [0.717, 1.165) is 12.3 Å². The number of nitrogens with two attached hydrogens (primary N) is 1. The largest absolute Gasteiger partial charge is 0.492 e. The van der Waals surface area contributed by atoms with E-state index in [0.29, 0.717) is 24.8 Å². The van der Waals surface area contributed by atoms with Gasteiger partial charge in [-0.25, -0.2) is 0 Å². The van der Waals surface area contributed by atoms with Crippen LogP contribution in [0, 0.1) is 0 Å². The molecule has 6 nitrogen and oxygen atoms in total. The van der Waals surface area contributed by atoms with Crippen molar-refractivity contribution in [3.63, 3.8) is 0 Å². The summed E-state index contributed by atoms with van der Waals surface area (Å²) in [5.74, 6) is 0.832. The summed E-state index contributed by atoms with van der Waals surface area (Å²) in [5, 5.41) is 20.5. The molecule has 6 heteroatoms. The summed E-state index contributed by atoms with van der Waals surface area (Å²) in [7, 11) is 0. The van der Waals surface area contributed by atoms with Gasteiger partial charge in [-0.2, -0.15) is 0 Å². The zero-order valence-corrected chi connectivity index (χ0v) is 11.4. The molecule has 0 saturated heterocycles. The van der Waals surface area contributed by atoms with Crippen molar-refractivity contribution in [1.82, 2.24) is 4.90 Å². The third-order valence-corrected chi connectivity index (χ3v) is 3.36. The molecule has 0 heterocycles. The number of ether oxygens (including phenoxy) is 1. The average Bonchev–Trinajstić information content (AvgIpc) is 3.31. The van der Waals surface area contributed by atoms with Gasteiger partial charge in [0.05, 0.1) is 6.61 Å². The van der Waals surface area contributed by atoms with E-state index in [9.17, 15) is 0 Å². The van der Waals surface area contributed by atoms with Crippen LogP contribution in [0.25, 0.3) is 0 Å². The summed E-state index contributed by atoms with van der Waals surface area (Å²) >= 11 is 0. The van der Waals surface area contributed by atoms with E-state index < -0.39 is 0 Å². The molecular weight excluding hydrogens is 258 g/mol. The molecule has 0 aromatic heterocycles. The molecule has 0 bridgehead atoms. The van der Waals surface area contributed by atoms with E-state index in [4.69, 9.17) is 20.8 Å². The van der Waals surface area contributed by atoms with Crippen molar-refractivity contribution in [2.45, 2.75) is 18.9 Å². The molecule has 1 aromatic rings. The summed E-state index contributed by atoms with van der Waals surface area (Å²) in [4.78, 5) is 2.25. The van der Waals surface area contributed by atoms with E-state index >= 15 is 0 Å². The first kappa shape index (κ1) is 14.6. The topological polar surface area (TPSA) is 91.3 Å². The van der Waals surface area contributed by atoms with Crippen molar-refractivity contribution in [1.29, 1.82) is 0 Å². The van der Waals surface area contributed by atoms with Crippen molar-refractivity contribution in [2.75, 3.05) is 26.3 Å². The lowest BCUT2D eigenvalue weighted by molar-refractivity contribution is 0.162. The number of aliphatic hydroxyl groups is 1. The molecule has 0 unspecified atom stereocenters. The van der Waals surface area contributed by atoms with Gasteiger partial charge in [0.1, 0.15) is 12.4 Å². The van der Waals surface area contributed by atoms with Crippen LogP contribution in [0.15, 0.2) is 29.4 Å². The first-order valence-corrected chi connectivity index (χ1v) is 6.80. The van der Waals surface area contributed by atoms with E-state index in [1.807, 2.05) is 0 Å². The minimum Gasteiger partial charge on any atom is -0.492 e. The first-order chi connectivity index (χ1) is 9.74. The number of nitrogens with zero attached hydrogens (tertiary/aromatic N) is 2. The van der Waals surface area contributed by atoms with Crippen LogP contribution < -0.4 is 10.5 Å². The Kier molecular flexibility index (Phi) is 5.20. The van der Waals surface area contributed by atoms with Crippen LogP contribution in [0.5, 0.6) is 5.75 Å². The zero-order valence-electron chi connectivity index (χ0n) is 11.4. The number of amidine groups is 1. The number of aliphatic hydroxyl groups excluding tert-OH is 1. The Labute approximate surface area is 118 Å². The van der Waals surface area contributed by atoms with E-state index in [1.54, 1.807) is 24.3 Å². The van der Waals surface area contributed by atoms with Crippen LogP contribution in [-0.4, -0.2) is 53.4 Å². The maximum absolute atomic E-state index is 9.01. The highest BCUT2D eigenvalue weighted by Crippen LogP contribution is 2.26. The van der Waals surface area contributed by atoms with Gasteiger partial charge in [-0.05, 0) is 37.1 Å². The first-order valence-electron chi connectivity index (χ1n) is 6.80. The van der Waals surface area contributed by atoms with E-state index in [1.165, 1.54) is 12.8 Å². The highest BCUT2D eigenvalue weighted by atomic mass is 16.5. The van der Waals surface area contributed by atoms with Crippen LogP contribution in [0.3, 0.4) is 0 Å². The van der Waals surface area contributed by atoms with Gasteiger partial charge in [0.2, 0.25) is 0 Å². The Morgan fingerprint density at radius 1 is 1.30 bits per heavy atom. The number of benzene rings is 1. The fraction of sp³-hybridized carbons (Fsp3) is 0.500. The van der Waals surface area contributed by atoms with Gasteiger partial charge in [-0.15, -0.1) is 0 Å². The van der Waals surface area contributed by atoms with Crippen molar-refractivity contribution < 1.29 is 15.1 Å². The second-order valence-electron chi connectivity index (χ2n) is 4.85. The van der Waals surface area contributed by atoms with Crippen LogP contribution in [-0.2, 0) is 0 Å². The summed E-state index contributed by atoms with van der Waals surface area (Å²) in [5.41, 5.74) is 6.14. The summed E-state index contributed by atoms with van der Waals surface area (Å²) < 4.78 is 5.66. The zero-order chi connectivity index (χ0) is 14.4. The third kappa shape index (κ3) is 4.11. The summed E-state index contributed by atoms with van der Waals surface area (Å²) in [6.45, 7) is 2.29. The monoisotopic (exact) mass is 279 g/mol. The number of hydrogen-bond donors (Lipinski definition) is 3. The molecule has 0 aliphatic heterocycles. The molecule has 20 heavy (non-hydrogen) atoms. The maximum Gasteiger partial charge on any atom is 0.170 e. The Morgan fingerprint density at radius 3 is 2.55 bits per heavy atom. The normalized spacial score (nSPS) is 15.6. The highest BCUT2D eigenvalue weighted by molar-refractivity contribution is 5.97. The molecule has 1 aliphatic rings. The van der Waals surface area contributed by atoms with Crippen LogP contribution >= 0.6 is 0 Å². The number of oxime groups is 1. The van der Waals surface area contributed by atoms with Gasteiger partial charge >= 0.3 is 0 Å². The molecule has 0 amide bonds. The van der Waals surface area contributed by atoms with Crippen molar-refractivity contribution in [3.05, 3.63) is 29.8 Å². The van der Waals surface area contributed by atoms with Crippen molar-refractivity contribution in [3.8, 4) is 5.75 Å². The Morgan fingerprint density at radius 2 is 2.00 bits per heavy atom. The standard InChI is InChI=1S/C14H21N3O3/c15-14(16-19)11-1-5-13(6-2-11)20-10-8-17(7-9-18)12-3-4-12/h1-2,5-6,12,18-19H,3-4,7-10H2,(H2,15,16). The lowest BCUT2D eigenvalue weighted by atomic mass is 10.2. The second-order valence-corrected chi connectivity index (χ2v) is 4.85. The van der Waals surface area contributed by atoms with Crippen LogP contribution in [0.1, 0.15) is 18.4 Å². The lowest BCUT2D eigenvalue weighted by Crippen LogP contribution is -2.33. The molecule has 0 radical (unpaired) electrons. The molecule has 0 atom stereocenters. The molecule has 110 valence electrons. The predicted octanol–water partition coefficient (Wildman–Crippen LogP) is 0.617. The number of rotatable bonds is 8. The fourth-order valence-corrected chi connectivity index (χ4v) is 2.11. The lowest BCUT2D eigenvalue weighted by Gasteiger charge is -2.20. The molecule has 4 N–H and O–H groups in total. The molecule has 1 aromatic carbocycles. The van der Waals surface area contributed by atoms with E-state index in [-0.39, 0.29) is 12.4 Å². The molecule has 1 aliphatic carbocycles. The Bertz CT molecular complexity index is 443. The smallest absolute Gasteiger partial charge is 0.170 e. The number of hydrogen-bond acceptors (Lipinski definition) is 5. The SMILES string of the molecule is NC(=NO)c1ccc(OCCN(CCO)C2CC2)cc1. The Hall–Kier alpha value is -1.79. The van der Waals surface area contributed by atoms with Gasteiger partial charge in [0.15, 0.2) is 5.84 Å². The highest BCUT2D eigenvalue weighted by Gasteiger charge is 2.28. The van der Waals surface area contributed by atoms with Crippen LogP contribution in [0.2, 0.25) is 0 Å². The second kappa shape index (κ2) is 7.12. The van der Waals surface area contributed by atoms with Crippen LogP contribution in [0.4, 0.5) is 0 Å². The van der Waals surface area contributed by atoms with Gasteiger partial charge < -0.3 is 20.8 Å². The van der Waals surface area contributed by atoms with E-state index in [2.05, 4.69) is 10.1 Å². The maximum atomic E-state index is 9.01. The molecule has 1 saturated carbocycles. The average molecular weight is 279 g/mol. The quantitative estimate of drug-likeness (QED) is 0.281. The van der Waals surface area contributed by atoms with Gasteiger partial charge in [0, 0.05) is 24.7 Å². The predicted molar refractivity (Wildman–Crippen MR) is 76.1 cm³/mol. The van der Waals surface area contributed by atoms with Gasteiger partial charge in [0.25, 0.3) is 0 Å². The molecule has 0 spiro atoms. The summed E-state index contributed by atoms with van der Waals surface area (Å²) in [6.07, 6.45) is 2.43. The minimum absolute atomic E-state index is 0.0828. The minimum atomic E-state index is 0.0828.